The number of benzene rings is 1. The van der Waals surface area contributed by atoms with Crippen molar-refractivity contribution >= 4 is 11.6 Å². The average Bonchev–Trinajstić information content (AvgIpc) is 2.34. The van der Waals surface area contributed by atoms with Crippen LogP contribution in [0.3, 0.4) is 0 Å². The van der Waals surface area contributed by atoms with Crippen molar-refractivity contribution in [2.45, 2.75) is 51.8 Å². The highest BCUT2D eigenvalue weighted by Gasteiger charge is 2.23. The third-order valence-electron chi connectivity index (χ3n) is 3.62. The van der Waals surface area contributed by atoms with Gasteiger partial charge in [-0.1, -0.05) is 39.0 Å². The number of hydrogen-bond donors (Lipinski definition) is 0. The molecule has 0 saturated carbocycles. The molecule has 2 rings (SSSR count). The minimum atomic E-state index is 0.164. The highest BCUT2D eigenvalue weighted by atomic mass is 35.5. The fourth-order valence-electron chi connectivity index (χ4n) is 2.37. The molecular weight excluding hydrogens is 244 g/mol. The first-order valence-electron chi connectivity index (χ1n) is 6.86. The van der Waals surface area contributed by atoms with Gasteiger partial charge in [0.1, 0.15) is 5.75 Å². The number of halogens is 1. The summed E-state index contributed by atoms with van der Waals surface area (Å²) in [4.78, 5) is 0. The quantitative estimate of drug-likeness (QED) is 0.727. The van der Waals surface area contributed by atoms with Gasteiger partial charge >= 0.3 is 0 Å². The van der Waals surface area contributed by atoms with Crippen LogP contribution in [-0.2, 0) is 12.8 Å². The summed E-state index contributed by atoms with van der Waals surface area (Å²) in [6, 6.07) is 6.50. The van der Waals surface area contributed by atoms with Crippen molar-refractivity contribution in [3.05, 3.63) is 29.3 Å². The molecule has 0 radical (unpaired) electrons. The van der Waals surface area contributed by atoms with Gasteiger partial charge in [0.15, 0.2) is 0 Å². The number of rotatable bonds is 3. The molecule has 0 N–H and O–H groups in total. The monoisotopic (exact) mass is 266 g/mol. The Hall–Kier alpha value is -0.690. The summed E-state index contributed by atoms with van der Waals surface area (Å²) in [5.74, 6) is 1.13. The van der Waals surface area contributed by atoms with Crippen molar-refractivity contribution in [1.29, 1.82) is 0 Å². The lowest BCUT2D eigenvalue weighted by atomic mass is 9.88. The maximum Gasteiger partial charge on any atom is 0.125 e. The first kappa shape index (κ1) is 13.7. The van der Waals surface area contributed by atoms with Gasteiger partial charge in [-0.25, -0.2) is 0 Å². The summed E-state index contributed by atoms with van der Waals surface area (Å²) in [6.07, 6.45) is 4.29. The molecule has 1 aliphatic heterocycles. The number of alkyl halides is 1. The second-order valence-electron chi connectivity index (χ2n) is 6.23. The van der Waals surface area contributed by atoms with E-state index in [9.17, 15) is 0 Å². The molecular formula is C16H23ClO. The van der Waals surface area contributed by atoms with Gasteiger partial charge in [-0.05, 0) is 42.2 Å². The van der Waals surface area contributed by atoms with Crippen molar-refractivity contribution in [2.24, 2.45) is 5.41 Å². The minimum Gasteiger partial charge on any atom is -0.493 e. The van der Waals surface area contributed by atoms with E-state index in [0.717, 1.165) is 38.0 Å². The molecule has 0 aliphatic carbocycles. The van der Waals surface area contributed by atoms with Gasteiger partial charge in [-0.2, -0.15) is 0 Å². The molecule has 100 valence electrons. The molecule has 1 aromatic rings. The summed E-state index contributed by atoms with van der Waals surface area (Å²) in [7, 11) is 0. The summed E-state index contributed by atoms with van der Waals surface area (Å²) in [6.45, 7) is 7.44. The molecule has 2 heteroatoms. The topological polar surface area (TPSA) is 9.23 Å². The standard InChI is InChI=1S/C16H23ClO/c1-16(2,3)14(17)10-9-13-7-4-6-12-8-5-11-18-15(12)13/h4,6-7,14H,5,8-11H2,1-3H3. The van der Waals surface area contributed by atoms with Gasteiger partial charge in [0.25, 0.3) is 0 Å². The van der Waals surface area contributed by atoms with Crippen LogP contribution in [0.1, 0.15) is 44.7 Å². The van der Waals surface area contributed by atoms with Crippen molar-refractivity contribution in [3.8, 4) is 5.75 Å². The fraction of sp³-hybridized carbons (Fsp3) is 0.625. The van der Waals surface area contributed by atoms with Crippen molar-refractivity contribution in [1.82, 2.24) is 0 Å². The summed E-state index contributed by atoms with van der Waals surface area (Å²) in [5.41, 5.74) is 2.85. The van der Waals surface area contributed by atoms with E-state index in [1.165, 1.54) is 11.1 Å². The Balaban J connectivity index is 2.06. The van der Waals surface area contributed by atoms with E-state index in [4.69, 9.17) is 16.3 Å². The number of ether oxygens (including phenoxy) is 1. The van der Waals surface area contributed by atoms with Crippen LogP contribution in [0.2, 0.25) is 0 Å². The predicted octanol–water partition coefficient (Wildman–Crippen LogP) is 4.60. The lowest BCUT2D eigenvalue weighted by Gasteiger charge is -2.26. The Bertz CT molecular complexity index is 406. The lowest BCUT2D eigenvalue weighted by Crippen LogP contribution is -2.21. The smallest absolute Gasteiger partial charge is 0.125 e. The van der Waals surface area contributed by atoms with Crippen LogP contribution in [0.4, 0.5) is 0 Å². The van der Waals surface area contributed by atoms with E-state index in [-0.39, 0.29) is 10.8 Å². The van der Waals surface area contributed by atoms with Gasteiger partial charge < -0.3 is 4.74 Å². The molecule has 0 bridgehead atoms. The summed E-state index contributed by atoms with van der Waals surface area (Å²) in [5, 5.41) is 0.206. The predicted molar refractivity (Wildman–Crippen MR) is 77.7 cm³/mol. The highest BCUT2D eigenvalue weighted by Crippen LogP contribution is 2.33. The second-order valence-corrected chi connectivity index (χ2v) is 6.76. The Morgan fingerprint density at radius 3 is 2.83 bits per heavy atom. The Kier molecular flexibility index (Phi) is 4.21. The van der Waals surface area contributed by atoms with Gasteiger partial charge in [0.05, 0.1) is 6.61 Å². The van der Waals surface area contributed by atoms with E-state index < -0.39 is 0 Å². The van der Waals surface area contributed by atoms with E-state index in [1.54, 1.807) is 0 Å². The van der Waals surface area contributed by atoms with Gasteiger partial charge in [-0.15, -0.1) is 11.6 Å². The maximum atomic E-state index is 6.45. The molecule has 1 aliphatic rings. The SMILES string of the molecule is CC(C)(C)C(Cl)CCc1cccc2c1OCCC2. The molecule has 1 nitrogen and oxygen atoms in total. The summed E-state index contributed by atoms with van der Waals surface area (Å²) < 4.78 is 5.83. The normalized spacial score (nSPS) is 16.9. The molecule has 0 spiro atoms. The minimum absolute atomic E-state index is 0.164. The molecule has 0 saturated heterocycles. The van der Waals surface area contributed by atoms with Crippen LogP contribution in [0.25, 0.3) is 0 Å². The third kappa shape index (κ3) is 3.20. The van der Waals surface area contributed by atoms with Gasteiger partial charge in [-0.3, -0.25) is 0 Å². The average molecular weight is 267 g/mol. The van der Waals surface area contributed by atoms with E-state index in [2.05, 4.69) is 39.0 Å². The maximum absolute atomic E-state index is 6.45. The molecule has 1 unspecified atom stereocenters. The molecule has 0 aromatic heterocycles. The van der Waals surface area contributed by atoms with E-state index in [0.29, 0.717) is 0 Å². The summed E-state index contributed by atoms with van der Waals surface area (Å²) >= 11 is 6.45. The number of para-hydroxylation sites is 1. The van der Waals surface area contributed by atoms with Crippen LogP contribution in [-0.4, -0.2) is 12.0 Å². The van der Waals surface area contributed by atoms with Crippen LogP contribution in [0.5, 0.6) is 5.75 Å². The Morgan fingerprint density at radius 2 is 2.11 bits per heavy atom. The fourth-order valence-corrected chi connectivity index (χ4v) is 2.48. The first-order valence-corrected chi connectivity index (χ1v) is 7.30. The molecule has 1 aromatic carbocycles. The zero-order valence-electron chi connectivity index (χ0n) is 11.6. The largest absolute Gasteiger partial charge is 0.493 e. The lowest BCUT2D eigenvalue weighted by molar-refractivity contribution is 0.284. The van der Waals surface area contributed by atoms with Crippen molar-refractivity contribution in [3.63, 3.8) is 0 Å². The number of fused-ring (bicyclic) bond motifs is 1. The first-order chi connectivity index (χ1) is 8.48. The van der Waals surface area contributed by atoms with Crippen molar-refractivity contribution < 1.29 is 4.74 Å². The van der Waals surface area contributed by atoms with Crippen LogP contribution in [0.15, 0.2) is 18.2 Å². The van der Waals surface area contributed by atoms with E-state index >= 15 is 0 Å². The Morgan fingerprint density at radius 1 is 1.33 bits per heavy atom. The zero-order chi connectivity index (χ0) is 13.2. The second kappa shape index (κ2) is 5.52. The van der Waals surface area contributed by atoms with Crippen LogP contribution in [0, 0.1) is 5.41 Å². The van der Waals surface area contributed by atoms with Gasteiger partial charge in [0, 0.05) is 5.38 Å². The van der Waals surface area contributed by atoms with Crippen LogP contribution < -0.4 is 4.74 Å². The Labute approximate surface area is 115 Å². The van der Waals surface area contributed by atoms with Crippen LogP contribution >= 0.6 is 11.6 Å². The molecule has 0 fully saturated rings. The number of aryl methyl sites for hydroxylation is 2. The van der Waals surface area contributed by atoms with E-state index in [1.807, 2.05) is 0 Å². The molecule has 1 heterocycles. The molecule has 0 amide bonds. The number of hydrogen-bond acceptors (Lipinski definition) is 1. The molecule has 18 heavy (non-hydrogen) atoms. The van der Waals surface area contributed by atoms with Gasteiger partial charge in [0.2, 0.25) is 0 Å². The third-order valence-corrected chi connectivity index (χ3v) is 4.49. The highest BCUT2D eigenvalue weighted by molar-refractivity contribution is 6.21. The zero-order valence-corrected chi connectivity index (χ0v) is 12.4. The van der Waals surface area contributed by atoms with Crippen molar-refractivity contribution in [2.75, 3.05) is 6.61 Å². The molecule has 1 atom stereocenters.